The number of carbonyl (C=O) groups is 1. The molecule has 108 valence electrons. The number of unbranched alkanes of at least 4 members (excludes halogenated alkanes) is 2. The minimum Gasteiger partial charge on any atom is -0.481 e. The lowest BCUT2D eigenvalue weighted by atomic mass is 10.1. The lowest BCUT2D eigenvalue weighted by molar-refractivity contribution is -0.137. The molecule has 1 aromatic rings. The van der Waals surface area contributed by atoms with Crippen molar-refractivity contribution >= 4 is 18.4 Å². The van der Waals surface area contributed by atoms with Crippen molar-refractivity contribution in [3.63, 3.8) is 0 Å². The number of rotatable bonds is 9. The van der Waals surface area contributed by atoms with Crippen molar-refractivity contribution in [3.05, 3.63) is 35.9 Å². The number of hydrogen-bond donors (Lipinski definition) is 1. The summed E-state index contributed by atoms with van der Waals surface area (Å²) in [6.45, 7) is 1.64. The van der Waals surface area contributed by atoms with Crippen LogP contribution in [-0.4, -0.2) is 36.1 Å². The van der Waals surface area contributed by atoms with E-state index in [0.717, 1.165) is 19.4 Å². The first kappa shape index (κ1) is 17.9. The van der Waals surface area contributed by atoms with Crippen LogP contribution in [0.5, 0.6) is 0 Å². The zero-order valence-electron chi connectivity index (χ0n) is 11.5. The smallest absolute Gasteiger partial charge is 0.304 e. The van der Waals surface area contributed by atoms with Gasteiger partial charge in [0.25, 0.3) is 0 Å². The largest absolute Gasteiger partial charge is 0.481 e. The molecule has 0 radical (unpaired) electrons. The van der Waals surface area contributed by atoms with Gasteiger partial charge in [0.05, 0.1) is 6.42 Å². The van der Waals surface area contributed by atoms with Crippen LogP contribution in [0.25, 0.3) is 0 Å². The normalized spacial score (nSPS) is 10.2. The first-order valence-electron chi connectivity index (χ1n) is 6.63. The van der Waals surface area contributed by atoms with Crippen molar-refractivity contribution in [2.24, 2.45) is 0 Å². The van der Waals surface area contributed by atoms with E-state index in [4.69, 9.17) is 5.11 Å². The number of carboxylic acids is 1. The molecule has 3 nitrogen and oxygen atoms in total. The van der Waals surface area contributed by atoms with Gasteiger partial charge in [0.15, 0.2) is 0 Å². The van der Waals surface area contributed by atoms with E-state index in [1.165, 1.54) is 18.4 Å². The second-order valence-electron chi connectivity index (χ2n) is 4.74. The third-order valence-corrected chi connectivity index (χ3v) is 3.06. The Morgan fingerprint density at radius 2 is 1.79 bits per heavy atom. The molecule has 0 heterocycles. The fourth-order valence-corrected chi connectivity index (χ4v) is 1.93. The molecular weight excluding hydrogens is 262 g/mol. The van der Waals surface area contributed by atoms with Crippen LogP contribution >= 0.6 is 12.4 Å². The number of benzene rings is 1. The number of halogens is 1. The van der Waals surface area contributed by atoms with Crippen molar-refractivity contribution in [3.8, 4) is 0 Å². The minimum absolute atomic E-state index is 0. The SMILES string of the molecule is CN(CCCCCc1ccccc1)CCC(=O)O.Cl. The van der Waals surface area contributed by atoms with Crippen molar-refractivity contribution in [1.29, 1.82) is 0 Å². The molecular formula is C15H24ClNO2. The van der Waals surface area contributed by atoms with E-state index in [-0.39, 0.29) is 18.8 Å². The third-order valence-electron chi connectivity index (χ3n) is 3.06. The van der Waals surface area contributed by atoms with Gasteiger partial charge in [-0.1, -0.05) is 36.8 Å². The first-order chi connectivity index (χ1) is 8.68. The van der Waals surface area contributed by atoms with Crippen molar-refractivity contribution in [2.75, 3.05) is 20.1 Å². The van der Waals surface area contributed by atoms with Gasteiger partial charge in [0, 0.05) is 6.54 Å². The summed E-state index contributed by atoms with van der Waals surface area (Å²) in [6.07, 6.45) is 4.92. The second kappa shape index (κ2) is 10.8. The van der Waals surface area contributed by atoms with E-state index >= 15 is 0 Å². The molecule has 4 heteroatoms. The number of hydrogen-bond acceptors (Lipinski definition) is 2. The molecule has 0 aliphatic heterocycles. The average Bonchev–Trinajstić information content (AvgIpc) is 2.37. The summed E-state index contributed by atoms with van der Waals surface area (Å²) in [5.74, 6) is -0.717. The summed E-state index contributed by atoms with van der Waals surface area (Å²) >= 11 is 0. The maximum Gasteiger partial charge on any atom is 0.304 e. The van der Waals surface area contributed by atoms with Crippen LogP contribution in [0.3, 0.4) is 0 Å². The van der Waals surface area contributed by atoms with E-state index in [2.05, 4.69) is 29.2 Å². The van der Waals surface area contributed by atoms with Gasteiger partial charge in [-0.3, -0.25) is 4.79 Å². The molecule has 0 spiro atoms. The first-order valence-corrected chi connectivity index (χ1v) is 6.63. The van der Waals surface area contributed by atoms with Crippen LogP contribution in [-0.2, 0) is 11.2 Å². The van der Waals surface area contributed by atoms with Crippen LogP contribution in [0, 0.1) is 0 Å². The van der Waals surface area contributed by atoms with E-state index in [1.54, 1.807) is 0 Å². The van der Waals surface area contributed by atoms with Crippen LogP contribution in [0.2, 0.25) is 0 Å². The highest BCUT2D eigenvalue weighted by molar-refractivity contribution is 5.85. The summed E-state index contributed by atoms with van der Waals surface area (Å²) in [5, 5.41) is 8.57. The number of aliphatic carboxylic acids is 1. The Morgan fingerprint density at radius 1 is 1.11 bits per heavy atom. The highest BCUT2D eigenvalue weighted by atomic mass is 35.5. The number of nitrogens with zero attached hydrogens (tertiary/aromatic N) is 1. The molecule has 0 fully saturated rings. The zero-order valence-corrected chi connectivity index (χ0v) is 12.4. The van der Waals surface area contributed by atoms with Gasteiger partial charge in [0.1, 0.15) is 0 Å². The van der Waals surface area contributed by atoms with Crippen LogP contribution in [0.15, 0.2) is 30.3 Å². The highest BCUT2D eigenvalue weighted by Gasteiger charge is 2.02. The summed E-state index contributed by atoms with van der Waals surface area (Å²) < 4.78 is 0. The predicted octanol–water partition coefficient (Wildman–Crippen LogP) is 3.23. The monoisotopic (exact) mass is 285 g/mol. The molecule has 19 heavy (non-hydrogen) atoms. The van der Waals surface area contributed by atoms with E-state index in [9.17, 15) is 4.79 Å². The Hall–Kier alpha value is -1.06. The summed E-state index contributed by atoms with van der Waals surface area (Å²) in [6, 6.07) is 10.5. The fourth-order valence-electron chi connectivity index (χ4n) is 1.93. The molecule has 1 N–H and O–H groups in total. The van der Waals surface area contributed by atoms with Crippen LogP contribution in [0.1, 0.15) is 31.2 Å². The Balaban J connectivity index is 0.00000324. The summed E-state index contributed by atoms with van der Waals surface area (Å²) in [4.78, 5) is 12.5. The molecule has 0 aliphatic rings. The zero-order chi connectivity index (χ0) is 13.2. The van der Waals surface area contributed by atoms with Crippen LogP contribution < -0.4 is 0 Å². The van der Waals surface area contributed by atoms with Crippen molar-refractivity contribution in [1.82, 2.24) is 4.90 Å². The summed E-state index contributed by atoms with van der Waals surface area (Å²) in [7, 11) is 1.99. The Morgan fingerprint density at radius 3 is 2.42 bits per heavy atom. The van der Waals surface area contributed by atoms with Gasteiger partial charge in [-0.05, 0) is 38.4 Å². The van der Waals surface area contributed by atoms with Gasteiger partial charge in [0.2, 0.25) is 0 Å². The highest BCUT2D eigenvalue weighted by Crippen LogP contribution is 2.06. The fraction of sp³-hybridized carbons (Fsp3) is 0.533. The third kappa shape index (κ3) is 9.51. The summed E-state index contributed by atoms with van der Waals surface area (Å²) in [5.41, 5.74) is 1.40. The van der Waals surface area contributed by atoms with E-state index in [0.29, 0.717) is 6.54 Å². The number of carboxylic acid groups (broad SMARTS) is 1. The standard InChI is InChI=1S/C15H23NO2.ClH/c1-16(13-11-15(17)18)12-7-3-6-10-14-8-4-2-5-9-14;/h2,4-5,8-9H,3,6-7,10-13H2,1H3,(H,17,18);1H. The van der Waals surface area contributed by atoms with Gasteiger partial charge in [-0.2, -0.15) is 0 Å². The predicted molar refractivity (Wildman–Crippen MR) is 81.0 cm³/mol. The molecule has 1 aromatic carbocycles. The lowest BCUT2D eigenvalue weighted by Crippen LogP contribution is -2.22. The van der Waals surface area contributed by atoms with Crippen LogP contribution in [0.4, 0.5) is 0 Å². The molecule has 0 saturated heterocycles. The molecule has 0 bridgehead atoms. The van der Waals surface area contributed by atoms with Gasteiger partial charge in [-0.25, -0.2) is 0 Å². The second-order valence-corrected chi connectivity index (χ2v) is 4.74. The molecule has 0 atom stereocenters. The molecule has 0 aromatic heterocycles. The van der Waals surface area contributed by atoms with Crippen molar-refractivity contribution < 1.29 is 9.90 Å². The molecule has 0 amide bonds. The quantitative estimate of drug-likeness (QED) is 0.708. The van der Waals surface area contributed by atoms with Crippen molar-refractivity contribution in [2.45, 2.75) is 32.1 Å². The average molecular weight is 286 g/mol. The maximum absolute atomic E-state index is 10.4. The van der Waals surface area contributed by atoms with E-state index in [1.807, 2.05) is 13.1 Å². The maximum atomic E-state index is 10.4. The lowest BCUT2D eigenvalue weighted by Gasteiger charge is -2.14. The molecule has 0 unspecified atom stereocenters. The number of aryl methyl sites for hydroxylation is 1. The molecule has 1 rings (SSSR count). The molecule has 0 aliphatic carbocycles. The Bertz CT molecular complexity index is 343. The molecule has 0 saturated carbocycles. The van der Waals surface area contributed by atoms with Gasteiger partial charge in [-0.15, -0.1) is 12.4 Å². The van der Waals surface area contributed by atoms with Gasteiger partial charge < -0.3 is 10.0 Å². The van der Waals surface area contributed by atoms with E-state index < -0.39 is 5.97 Å². The minimum atomic E-state index is -0.717. The van der Waals surface area contributed by atoms with Gasteiger partial charge >= 0.3 is 5.97 Å². The Kier molecular flexibility index (Phi) is 10.2. The Labute approximate surface area is 122 Å². The topological polar surface area (TPSA) is 40.5 Å².